The highest BCUT2D eigenvalue weighted by Crippen LogP contribution is 2.45. The Balaban J connectivity index is 2.74. The van der Waals surface area contributed by atoms with Gasteiger partial charge in [0.1, 0.15) is 5.41 Å². The summed E-state index contributed by atoms with van der Waals surface area (Å²) in [4.78, 5) is 10.8. The summed E-state index contributed by atoms with van der Waals surface area (Å²) in [7, 11) is 0. The van der Waals surface area contributed by atoms with Gasteiger partial charge in [0.15, 0.2) is 5.78 Å². The third-order valence-corrected chi connectivity index (χ3v) is 1.62. The Morgan fingerprint density at radius 1 is 1.78 bits per heavy atom. The predicted octanol–water partition coefficient (Wildman–Crippen LogP) is 1.05. The molecule has 0 atom stereocenters. The number of ketones is 1. The summed E-state index contributed by atoms with van der Waals surface area (Å²) in [5.74, 6) is -0.120. The summed E-state index contributed by atoms with van der Waals surface area (Å²) < 4.78 is 0. The number of hydrogen-bond donors (Lipinski definition) is 0. The van der Waals surface area contributed by atoms with Crippen LogP contribution in [0, 0.1) is 16.7 Å². The van der Waals surface area contributed by atoms with Crippen molar-refractivity contribution in [3.05, 3.63) is 12.7 Å². The fraction of sp³-hybridized carbons (Fsp3) is 0.429. The van der Waals surface area contributed by atoms with Gasteiger partial charge in [-0.2, -0.15) is 5.26 Å². The van der Waals surface area contributed by atoms with Crippen molar-refractivity contribution in [3.63, 3.8) is 0 Å². The standard InChI is InChI=1S/C7H7NO/c1-2-6(9)7(5-8)3-4-7/h2H,1,3-4H2. The van der Waals surface area contributed by atoms with Crippen molar-refractivity contribution >= 4 is 5.78 Å². The van der Waals surface area contributed by atoms with E-state index in [-0.39, 0.29) is 5.78 Å². The SMILES string of the molecule is C=CC(=O)C1(C#N)CC1. The van der Waals surface area contributed by atoms with Gasteiger partial charge in [-0.25, -0.2) is 0 Å². The fourth-order valence-corrected chi connectivity index (χ4v) is 0.734. The molecule has 0 unspecified atom stereocenters. The lowest BCUT2D eigenvalue weighted by Crippen LogP contribution is -2.09. The molecule has 0 amide bonds. The summed E-state index contributed by atoms with van der Waals surface area (Å²) in [5.41, 5.74) is -0.651. The van der Waals surface area contributed by atoms with Gasteiger partial charge >= 0.3 is 0 Å². The van der Waals surface area contributed by atoms with E-state index in [2.05, 4.69) is 6.58 Å². The third-order valence-electron chi connectivity index (χ3n) is 1.62. The van der Waals surface area contributed by atoms with Gasteiger partial charge < -0.3 is 0 Å². The topological polar surface area (TPSA) is 40.9 Å². The highest BCUT2D eigenvalue weighted by atomic mass is 16.1. The van der Waals surface area contributed by atoms with Crippen molar-refractivity contribution in [1.29, 1.82) is 5.26 Å². The summed E-state index contributed by atoms with van der Waals surface area (Å²) >= 11 is 0. The minimum atomic E-state index is -0.651. The van der Waals surface area contributed by atoms with Crippen LogP contribution in [0.2, 0.25) is 0 Å². The Kier molecular flexibility index (Phi) is 1.14. The maximum atomic E-state index is 10.8. The van der Waals surface area contributed by atoms with Crippen LogP contribution in [0.15, 0.2) is 12.7 Å². The summed E-state index contributed by atoms with van der Waals surface area (Å²) in [6, 6.07) is 1.98. The highest BCUT2D eigenvalue weighted by molar-refractivity contribution is 5.98. The van der Waals surface area contributed by atoms with E-state index >= 15 is 0 Å². The first-order chi connectivity index (χ1) is 4.25. The summed E-state index contributed by atoms with van der Waals surface area (Å²) in [5, 5.41) is 8.44. The molecule has 0 saturated heterocycles. The number of carbonyl (C=O) groups is 1. The molecule has 1 fully saturated rings. The van der Waals surface area contributed by atoms with Crippen LogP contribution in [0.5, 0.6) is 0 Å². The molecule has 0 radical (unpaired) electrons. The average Bonchev–Trinajstić information content (AvgIpc) is 2.66. The third kappa shape index (κ3) is 0.746. The minimum Gasteiger partial charge on any atom is -0.293 e. The number of hydrogen-bond acceptors (Lipinski definition) is 2. The maximum Gasteiger partial charge on any atom is 0.175 e. The maximum absolute atomic E-state index is 10.8. The van der Waals surface area contributed by atoms with Gasteiger partial charge in [0.2, 0.25) is 0 Å². The predicted molar refractivity (Wildman–Crippen MR) is 32.5 cm³/mol. The van der Waals surface area contributed by atoms with Crippen LogP contribution >= 0.6 is 0 Å². The highest BCUT2D eigenvalue weighted by Gasteiger charge is 2.48. The number of allylic oxidation sites excluding steroid dienone is 1. The van der Waals surface area contributed by atoms with E-state index in [4.69, 9.17) is 5.26 Å². The van der Waals surface area contributed by atoms with Gasteiger partial charge in [-0.3, -0.25) is 4.79 Å². The van der Waals surface area contributed by atoms with Crippen LogP contribution in [-0.2, 0) is 4.79 Å². The molecule has 2 nitrogen and oxygen atoms in total. The molecule has 9 heavy (non-hydrogen) atoms. The average molecular weight is 121 g/mol. The van der Waals surface area contributed by atoms with Gasteiger partial charge in [-0.05, 0) is 18.9 Å². The molecule has 1 saturated carbocycles. The molecule has 0 aromatic rings. The van der Waals surface area contributed by atoms with E-state index in [0.717, 1.165) is 0 Å². The molecule has 1 aliphatic carbocycles. The van der Waals surface area contributed by atoms with Crippen molar-refractivity contribution < 1.29 is 4.79 Å². The molecule has 1 rings (SSSR count). The molecule has 46 valence electrons. The number of rotatable bonds is 2. The van der Waals surface area contributed by atoms with Crippen LogP contribution in [-0.4, -0.2) is 5.78 Å². The van der Waals surface area contributed by atoms with Gasteiger partial charge in [0, 0.05) is 0 Å². The Morgan fingerprint density at radius 2 is 2.33 bits per heavy atom. The summed E-state index contributed by atoms with van der Waals surface area (Å²) in [6.45, 7) is 3.31. The van der Waals surface area contributed by atoms with Gasteiger partial charge in [0.05, 0.1) is 6.07 Å². The van der Waals surface area contributed by atoms with Gasteiger partial charge in [-0.1, -0.05) is 6.58 Å². The van der Waals surface area contributed by atoms with Gasteiger partial charge in [-0.15, -0.1) is 0 Å². The molecule has 0 heterocycles. The largest absolute Gasteiger partial charge is 0.293 e. The lowest BCUT2D eigenvalue weighted by Gasteiger charge is -1.94. The fourth-order valence-electron chi connectivity index (χ4n) is 0.734. The normalized spacial score (nSPS) is 19.9. The van der Waals surface area contributed by atoms with Crippen molar-refractivity contribution in [2.24, 2.45) is 5.41 Å². The first-order valence-corrected chi connectivity index (χ1v) is 2.83. The van der Waals surface area contributed by atoms with E-state index in [1.807, 2.05) is 6.07 Å². The van der Waals surface area contributed by atoms with Crippen molar-refractivity contribution in [1.82, 2.24) is 0 Å². The first-order valence-electron chi connectivity index (χ1n) is 2.83. The molecule has 0 aliphatic heterocycles. The zero-order valence-corrected chi connectivity index (χ0v) is 5.05. The van der Waals surface area contributed by atoms with Crippen LogP contribution in [0.1, 0.15) is 12.8 Å². The lowest BCUT2D eigenvalue weighted by molar-refractivity contribution is -0.117. The van der Waals surface area contributed by atoms with E-state index in [1.165, 1.54) is 6.08 Å². The number of nitriles is 1. The van der Waals surface area contributed by atoms with E-state index < -0.39 is 5.41 Å². The van der Waals surface area contributed by atoms with Crippen molar-refractivity contribution in [2.45, 2.75) is 12.8 Å². The lowest BCUT2D eigenvalue weighted by atomic mass is 10.0. The number of carbonyl (C=O) groups excluding carboxylic acids is 1. The molecule has 2 heteroatoms. The zero-order valence-electron chi connectivity index (χ0n) is 5.05. The molecule has 1 aliphatic rings. The molecular weight excluding hydrogens is 114 g/mol. The second-order valence-corrected chi connectivity index (χ2v) is 2.26. The van der Waals surface area contributed by atoms with Crippen molar-refractivity contribution in [2.75, 3.05) is 0 Å². The quantitative estimate of drug-likeness (QED) is 0.512. The molecule has 0 spiro atoms. The van der Waals surface area contributed by atoms with Crippen LogP contribution < -0.4 is 0 Å². The Hall–Kier alpha value is -1.10. The smallest absolute Gasteiger partial charge is 0.175 e. The van der Waals surface area contributed by atoms with Crippen LogP contribution in [0.4, 0.5) is 0 Å². The second-order valence-electron chi connectivity index (χ2n) is 2.26. The Labute approximate surface area is 53.8 Å². The Bertz CT molecular complexity index is 195. The molecule has 0 aromatic heterocycles. The zero-order chi connectivity index (χ0) is 6.91. The van der Waals surface area contributed by atoms with Crippen LogP contribution in [0.3, 0.4) is 0 Å². The second kappa shape index (κ2) is 1.70. The van der Waals surface area contributed by atoms with E-state index in [1.54, 1.807) is 0 Å². The number of nitrogens with zero attached hydrogens (tertiary/aromatic N) is 1. The first kappa shape index (κ1) is 6.03. The Morgan fingerprint density at radius 3 is 2.44 bits per heavy atom. The van der Waals surface area contributed by atoms with E-state index in [9.17, 15) is 4.79 Å². The molecule has 0 aromatic carbocycles. The molecule has 0 bridgehead atoms. The van der Waals surface area contributed by atoms with Crippen molar-refractivity contribution in [3.8, 4) is 6.07 Å². The monoisotopic (exact) mass is 121 g/mol. The van der Waals surface area contributed by atoms with E-state index in [0.29, 0.717) is 12.8 Å². The molecule has 0 N–H and O–H groups in total. The summed E-state index contributed by atoms with van der Waals surface area (Å²) in [6.07, 6.45) is 2.67. The van der Waals surface area contributed by atoms with Crippen LogP contribution in [0.25, 0.3) is 0 Å². The van der Waals surface area contributed by atoms with Gasteiger partial charge in [0.25, 0.3) is 0 Å². The molecular formula is C7H7NO. The minimum absolute atomic E-state index is 0.120.